The monoisotopic (exact) mass is 376 g/mol. The van der Waals surface area contributed by atoms with Crippen LogP contribution >= 0.6 is 0 Å². The minimum Gasteiger partial charge on any atom is -0.366 e. The predicted molar refractivity (Wildman–Crippen MR) is 120 cm³/mol. The molecule has 2 aromatic rings. The Morgan fingerprint density at radius 3 is 2.21 bits per heavy atom. The topological polar surface area (TPSA) is 6.48 Å². The zero-order valence-electron chi connectivity index (χ0n) is 18.3. The molecule has 0 saturated heterocycles. The van der Waals surface area contributed by atoms with Crippen LogP contribution in [0.15, 0.2) is 48.5 Å². The van der Waals surface area contributed by atoms with E-state index >= 15 is 0 Å². The molecular formula is C26H36N2. The standard InChI is InChI=1S/C26H36N2/c1-25(2,3)28-18-20(16-22-11-8-9-13-24(22)28)17-26(4,5)27-15-14-21-10-6-7-12-23(21)19-27/h6-13,20H,14-19H2,1-5H3. The van der Waals surface area contributed by atoms with Crippen LogP contribution in [0.3, 0.4) is 0 Å². The van der Waals surface area contributed by atoms with Crippen LogP contribution in [-0.4, -0.2) is 29.1 Å². The third-order valence-corrected chi connectivity index (χ3v) is 6.82. The molecule has 0 N–H and O–H groups in total. The highest BCUT2D eigenvalue weighted by atomic mass is 15.2. The summed E-state index contributed by atoms with van der Waals surface area (Å²) >= 11 is 0. The highest BCUT2D eigenvalue weighted by Crippen LogP contribution is 2.38. The van der Waals surface area contributed by atoms with E-state index in [4.69, 9.17) is 0 Å². The Hall–Kier alpha value is -1.80. The number of para-hydroxylation sites is 1. The molecule has 0 aliphatic carbocycles. The minimum atomic E-state index is 0.156. The second-order valence-electron chi connectivity index (χ2n) is 10.4. The average Bonchev–Trinajstić information content (AvgIpc) is 2.66. The number of hydrogen-bond donors (Lipinski definition) is 0. The third-order valence-electron chi connectivity index (χ3n) is 6.82. The molecule has 2 heteroatoms. The summed E-state index contributed by atoms with van der Waals surface area (Å²) in [5.41, 5.74) is 6.40. The molecule has 2 aliphatic rings. The Labute approximate surface area is 171 Å². The van der Waals surface area contributed by atoms with Crippen LogP contribution in [0.1, 0.15) is 57.7 Å². The van der Waals surface area contributed by atoms with Crippen molar-refractivity contribution >= 4 is 5.69 Å². The van der Waals surface area contributed by atoms with E-state index in [0.29, 0.717) is 5.92 Å². The van der Waals surface area contributed by atoms with Crippen LogP contribution in [0.25, 0.3) is 0 Å². The van der Waals surface area contributed by atoms with E-state index in [2.05, 4.69) is 92.9 Å². The summed E-state index contributed by atoms with van der Waals surface area (Å²) in [6.07, 6.45) is 3.63. The fraction of sp³-hybridized carbons (Fsp3) is 0.538. The SMILES string of the molecule is CC(C)(C)N1CC(CC(C)(C)N2CCc3ccccc3C2)Cc2ccccc21. The number of benzene rings is 2. The molecule has 2 aliphatic heterocycles. The summed E-state index contributed by atoms with van der Waals surface area (Å²) in [5.74, 6) is 0.696. The summed E-state index contributed by atoms with van der Waals surface area (Å²) in [6, 6.07) is 18.0. The van der Waals surface area contributed by atoms with Gasteiger partial charge in [-0.1, -0.05) is 42.5 Å². The lowest BCUT2D eigenvalue weighted by molar-refractivity contribution is 0.0787. The Morgan fingerprint density at radius 1 is 0.857 bits per heavy atom. The number of anilines is 1. The van der Waals surface area contributed by atoms with Crippen molar-refractivity contribution in [1.29, 1.82) is 0 Å². The lowest BCUT2D eigenvalue weighted by Crippen LogP contribution is -2.52. The molecule has 0 bridgehead atoms. The van der Waals surface area contributed by atoms with Gasteiger partial charge in [0.05, 0.1) is 0 Å². The molecule has 2 heterocycles. The van der Waals surface area contributed by atoms with Crippen molar-refractivity contribution in [3.05, 3.63) is 65.2 Å². The first-order valence-electron chi connectivity index (χ1n) is 10.9. The lowest BCUT2D eigenvalue weighted by Gasteiger charge is -2.48. The van der Waals surface area contributed by atoms with Crippen molar-refractivity contribution in [1.82, 2.24) is 4.90 Å². The maximum Gasteiger partial charge on any atom is 0.0403 e. The van der Waals surface area contributed by atoms with Gasteiger partial charge in [0.25, 0.3) is 0 Å². The Morgan fingerprint density at radius 2 is 1.50 bits per heavy atom. The molecule has 0 radical (unpaired) electrons. The first-order chi connectivity index (χ1) is 13.2. The van der Waals surface area contributed by atoms with Crippen molar-refractivity contribution in [2.45, 2.75) is 71.5 Å². The van der Waals surface area contributed by atoms with Crippen LogP contribution in [0, 0.1) is 5.92 Å². The maximum atomic E-state index is 2.72. The van der Waals surface area contributed by atoms with Gasteiger partial charge in [-0.25, -0.2) is 0 Å². The Kier molecular flexibility index (Phi) is 5.03. The van der Waals surface area contributed by atoms with Crippen molar-refractivity contribution in [2.24, 2.45) is 5.92 Å². The van der Waals surface area contributed by atoms with Crippen LogP contribution in [0.4, 0.5) is 5.69 Å². The van der Waals surface area contributed by atoms with Gasteiger partial charge >= 0.3 is 0 Å². The molecule has 1 unspecified atom stereocenters. The van der Waals surface area contributed by atoms with E-state index in [1.165, 1.54) is 42.6 Å². The smallest absolute Gasteiger partial charge is 0.0403 e. The van der Waals surface area contributed by atoms with Gasteiger partial charge in [-0.3, -0.25) is 4.90 Å². The van der Waals surface area contributed by atoms with Gasteiger partial charge in [-0.15, -0.1) is 0 Å². The van der Waals surface area contributed by atoms with Crippen molar-refractivity contribution in [3.8, 4) is 0 Å². The van der Waals surface area contributed by atoms with Gasteiger partial charge in [-0.2, -0.15) is 0 Å². The highest BCUT2D eigenvalue weighted by Gasteiger charge is 2.36. The normalized spacial score (nSPS) is 20.6. The van der Waals surface area contributed by atoms with Crippen LogP contribution in [-0.2, 0) is 19.4 Å². The maximum absolute atomic E-state index is 2.72. The summed E-state index contributed by atoms with van der Waals surface area (Å²) in [7, 11) is 0. The predicted octanol–water partition coefficient (Wildman–Crippen LogP) is 5.69. The average molecular weight is 377 g/mol. The molecule has 2 aromatic carbocycles. The van der Waals surface area contributed by atoms with Gasteiger partial charge in [0.15, 0.2) is 0 Å². The molecule has 28 heavy (non-hydrogen) atoms. The largest absolute Gasteiger partial charge is 0.366 e. The highest BCUT2D eigenvalue weighted by molar-refractivity contribution is 5.57. The van der Waals surface area contributed by atoms with Gasteiger partial charge < -0.3 is 4.90 Å². The summed E-state index contributed by atoms with van der Waals surface area (Å²) in [4.78, 5) is 5.36. The van der Waals surface area contributed by atoms with E-state index in [-0.39, 0.29) is 11.1 Å². The molecule has 1 atom stereocenters. The first-order valence-corrected chi connectivity index (χ1v) is 10.9. The fourth-order valence-corrected chi connectivity index (χ4v) is 5.30. The first kappa shape index (κ1) is 19.5. The van der Waals surface area contributed by atoms with Gasteiger partial charge in [0.1, 0.15) is 0 Å². The van der Waals surface area contributed by atoms with E-state index in [0.717, 1.165) is 13.1 Å². The second kappa shape index (κ2) is 7.22. The number of hydrogen-bond acceptors (Lipinski definition) is 2. The number of nitrogens with zero attached hydrogens (tertiary/aromatic N) is 2. The van der Waals surface area contributed by atoms with E-state index < -0.39 is 0 Å². The number of rotatable bonds is 3. The second-order valence-corrected chi connectivity index (χ2v) is 10.4. The quantitative estimate of drug-likeness (QED) is 0.679. The molecule has 0 spiro atoms. The molecule has 0 saturated carbocycles. The minimum absolute atomic E-state index is 0.156. The van der Waals surface area contributed by atoms with Gasteiger partial charge in [0, 0.05) is 36.4 Å². The molecule has 0 fully saturated rings. The zero-order valence-corrected chi connectivity index (χ0v) is 18.3. The van der Waals surface area contributed by atoms with Crippen molar-refractivity contribution in [3.63, 3.8) is 0 Å². The summed E-state index contributed by atoms with van der Waals surface area (Å²) < 4.78 is 0. The zero-order chi connectivity index (χ0) is 19.9. The van der Waals surface area contributed by atoms with Crippen LogP contribution < -0.4 is 4.90 Å². The summed E-state index contributed by atoms with van der Waals surface area (Å²) in [6.45, 7) is 15.4. The molecular weight excluding hydrogens is 340 g/mol. The Balaban J connectivity index is 1.52. The van der Waals surface area contributed by atoms with E-state index in [9.17, 15) is 0 Å². The third kappa shape index (κ3) is 3.85. The van der Waals surface area contributed by atoms with Crippen molar-refractivity contribution < 1.29 is 0 Å². The molecule has 0 amide bonds. The Bertz CT molecular complexity index is 830. The van der Waals surface area contributed by atoms with E-state index in [1.54, 1.807) is 5.56 Å². The van der Waals surface area contributed by atoms with Gasteiger partial charge in [0.2, 0.25) is 0 Å². The molecule has 4 rings (SSSR count). The number of fused-ring (bicyclic) bond motifs is 2. The van der Waals surface area contributed by atoms with Crippen LogP contribution in [0.5, 0.6) is 0 Å². The molecule has 0 aromatic heterocycles. The van der Waals surface area contributed by atoms with Crippen molar-refractivity contribution in [2.75, 3.05) is 18.0 Å². The molecule has 150 valence electrons. The fourth-order valence-electron chi connectivity index (χ4n) is 5.30. The van der Waals surface area contributed by atoms with Crippen LogP contribution in [0.2, 0.25) is 0 Å². The lowest BCUT2D eigenvalue weighted by atomic mass is 9.80. The van der Waals surface area contributed by atoms with E-state index in [1.807, 2.05) is 0 Å². The summed E-state index contributed by atoms with van der Waals surface area (Å²) in [5, 5.41) is 0. The molecule has 2 nitrogen and oxygen atoms in total. The van der Waals surface area contributed by atoms with Gasteiger partial charge in [-0.05, 0) is 82.6 Å².